The molecule has 0 aliphatic rings. The highest BCUT2D eigenvalue weighted by Crippen LogP contribution is 2.13. The highest BCUT2D eigenvalue weighted by atomic mass is 16.3. The van der Waals surface area contributed by atoms with Crippen LogP contribution in [0.15, 0.2) is 25.3 Å². The van der Waals surface area contributed by atoms with Gasteiger partial charge in [0.25, 0.3) is 0 Å². The Morgan fingerprint density at radius 1 is 0.582 bits per heavy atom. The van der Waals surface area contributed by atoms with E-state index in [9.17, 15) is 14.7 Å². The van der Waals surface area contributed by atoms with Crippen molar-refractivity contribution in [2.75, 3.05) is 73.0 Å². The van der Waals surface area contributed by atoms with Crippen molar-refractivity contribution in [3.8, 4) is 0 Å². The van der Waals surface area contributed by atoms with E-state index in [1.165, 1.54) is 116 Å². The van der Waals surface area contributed by atoms with Gasteiger partial charge in [-0.3, -0.25) is 14.5 Å². The molecule has 0 aromatic heterocycles. The van der Waals surface area contributed by atoms with E-state index >= 15 is 0 Å². The summed E-state index contributed by atoms with van der Waals surface area (Å²) in [5.41, 5.74) is 0. The number of quaternary nitrogens is 1. The molecule has 324 valence electrons. The first-order valence-electron chi connectivity index (χ1n) is 23.4. The number of rotatable bonds is 44. The molecule has 0 bridgehead atoms. The van der Waals surface area contributed by atoms with Gasteiger partial charge in [0, 0.05) is 45.6 Å². The molecule has 0 radical (unpaired) electrons. The predicted molar refractivity (Wildman–Crippen MR) is 239 cm³/mol. The van der Waals surface area contributed by atoms with E-state index in [1.54, 1.807) is 0 Å². The van der Waals surface area contributed by atoms with Gasteiger partial charge in [-0.1, -0.05) is 122 Å². The summed E-state index contributed by atoms with van der Waals surface area (Å²) in [7, 11) is 4.51. The van der Waals surface area contributed by atoms with Crippen molar-refractivity contribution in [3.63, 3.8) is 0 Å². The molecule has 0 heterocycles. The van der Waals surface area contributed by atoms with Gasteiger partial charge in [-0.15, -0.1) is 13.2 Å². The molecule has 8 nitrogen and oxygen atoms in total. The van der Waals surface area contributed by atoms with Crippen LogP contribution in [0.4, 0.5) is 0 Å². The van der Waals surface area contributed by atoms with Crippen LogP contribution in [-0.2, 0) is 9.59 Å². The van der Waals surface area contributed by atoms with Crippen molar-refractivity contribution >= 4 is 11.8 Å². The second-order valence-electron chi connectivity index (χ2n) is 17.0. The summed E-state index contributed by atoms with van der Waals surface area (Å²) < 4.78 is 0.844. The maximum Gasteiger partial charge on any atom is 0.219 e. The van der Waals surface area contributed by atoms with Crippen molar-refractivity contribution in [3.05, 3.63) is 25.3 Å². The van der Waals surface area contributed by atoms with Crippen LogP contribution in [0.3, 0.4) is 0 Å². The van der Waals surface area contributed by atoms with Crippen molar-refractivity contribution in [2.24, 2.45) is 0 Å². The molecule has 8 heteroatoms. The molecule has 0 aliphatic heterocycles. The van der Waals surface area contributed by atoms with Gasteiger partial charge in [0.05, 0.1) is 20.6 Å². The summed E-state index contributed by atoms with van der Waals surface area (Å²) in [6, 6.07) is 0. The molecule has 1 unspecified atom stereocenters. The minimum absolute atomic E-state index is 0.160. The van der Waals surface area contributed by atoms with E-state index in [0.717, 1.165) is 95.1 Å². The minimum atomic E-state index is -0.392. The fraction of sp³-hybridized carbons (Fsp3) is 0.872. The first kappa shape index (κ1) is 53.3. The lowest BCUT2D eigenvalue weighted by molar-refractivity contribution is -0.893. The number of hydrogen-bond donors (Lipinski definition) is 4. The maximum atomic E-state index is 12.4. The third-order valence-corrected chi connectivity index (χ3v) is 10.8. The summed E-state index contributed by atoms with van der Waals surface area (Å²) in [5.74, 6) is 0.330. The van der Waals surface area contributed by atoms with Crippen LogP contribution < -0.4 is 16.0 Å². The Morgan fingerprint density at radius 2 is 1.04 bits per heavy atom. The molecule has 0 aromatic rings. The number of carbonyl (C=O) groups excluding carboxylic acids is 2. The average Bonchev–Trinajstić information content (AvgIpc) is 3.15. The number of hydrogen-bond acceptors (Lipinski definition) is 5. The van der Waals surface area contributed by atoms with Crippen LogP contribution >= 0.6 is 0 Å². The zero-order valence-electron chi connectivity index (χ0n) is 37.0. The smallest absolute Gasteiger partial charge is 0.219 e. The minimum Gasteiger partial charge on any atom is -0.386 e. The average molecular weight is 777 g/mol. The Labute approximate surface area is 342 Å². The molecular weight excluding hydrogens is 683 g/mol. The van der Waals surface area contributed by atoms with Crippen LogP contribution in [0.25, 0.3) is 0 Å². The van der Waals surface area contributed by atoms with Crippen molar-refractivity contribution in [2.45, 2.75) is 193 Å². The maximum absolute atomic E-state index is 12.4. The van der Waals surface area contributed by atoms with E-state index in [1.807, 2.05) is 12.2 Å². The molecule has 4 N–H and O–H groups in total. The highest BCUT2D eigenvalue weighted by molar-refractivity contribution is 5.76. The molecule has 0 aromatic carbocycles. The van der Waals surface area contributed by atoms with Gasteiger partial charge in [0.2, 0.25) is 11.8 Å². The number of amides is 2. The Hall–Kier alpha value is -1.74. The van der Waals surface area contributed by atoms with Crippen LogP contribution in [0.5, 0.6) is 0 Å². The van der Waals surface area contributed by atoms with Crippen LogP contribution in [0.1, 0.15) is 187 Å². The largest absolute Gasteiger partial charge is 0.386 e. The lowest BCUT2D eigenvalue weighted by Crippen LogP contribution is -2.50. The number of likely N-dealkylation sites (N-methyl/N-ethyl adjacent to an activating group) is 1. The van der Waals surface area contributed by atoms with Gasteiger partial charge in [-0.25, -0.2) is 0 Å². The van der Waals surface area contributed by atoms with Crippen molar-refractivity contribution in [1.82, 2.24) is 20.9 Å². The number of unbranched alkanes of at least 4 members (excludes halogenated alkanes) is 21. The molecule has 0 saturated heterocycles. The molecule has 0 saturated carbocycles. The van der Waals surface area contributed by atoms with E-state index in [2.05, 4.69) is 55.0 Å². The van der Waals surface area contributed by atoms with Crippen LogP contribution in [0.2, 0.25) is 0 Å². The molecule has 0 fully saturated rings. The van der Waals surface area contributed by atoms with E-state index in [4.69, 9.17) is 0 Å². The summed E-state index contributed by atoms with van der Waals surface area (Å²) in [6.07, 6.45) is 36.3. The van der Waals surface area contributed by atoms with Gasteiger partial charge in [-0.05, 0) is 77.3 Å². The van der Waals surface area contributed by atoms with Gasteiger partial charge < -0.3 is 25.5 Å². The normalized spacial score (nSPS) is 12.2. The Kier molecular flexibility index (Phi) is 39.2. The SMILES string of the molecule is C=CCCCCCCCCC(=O)NCCCNCCN(CCCNC(=O)CCCCCCCCC=C)CC(O)C[N+](C)(C)CCCCCCCCCCCC. The van der Waals surface area contributed by atoms with E-state index in [-0.39, 0.29) is 11.8 Å². The molecule has 2 amide bonds. The Balaban J connectivity index is 4.48. The zero-order valence-corrected chi connectivity index (χ0v) is 37.0. The van der Waals surface area contributed by atoms with E-state index in [0.29, 0.717) is 32.5 Å². The monoisotopic (exact) mass is 777 g/mol. The van der Waals surface area contributed by atoms with Crippen LogP contribution in [0, 0.1) is 0 Å². The molecular formula is C47H94N5O3+. The summed E-state index contributed by atoms with van der Waals surface area (Å²) in [4.78, 5) is 27.0. The first-order valence-corrected chi connectivity index (χ1v) is 23.4. The Morgan fingerprint density at radius 3 is 1.55 bits per heavy atom. The number of aliphatic hydroxyl groups is 1. The molecule has 0 spiro atoms. The van der Waals surface area contributed by atoms with Gasteiger partial charge in [-0.2, -0.15) is 0 Å². The fourth-order valence-corrected chi connectivity index (χ4v) is 7.41. The number of allylic oxidation sites excluding steroid dienone is 2. The third kappa shape index (κ3) is 40.3. The topological polar surface area (TPSA) is 93.7 Å². The number of nitrogens with one attached hydrogen (secondary N) is 3. The second-order valence-corrected chi connectivity index (χ2v) is 17.0. The molecule has 0 aliphatic carbocycles. The first-order chi connectivity index (χ1) is 26.7. The molecule has 1 atom stereocenters. The standard InChI is InChI=1S/C47H93N5O3/c1-6-9-12-15-18-21-22-25-28-31-42-52(4,5)44-45(53)43-51(40-33-38-50-47(55)35-30-27-24-20-17-14-11-8-3)41-39-48-36-32-37-49-46(54)34-29-26-23-19-16-13-10-7-2/h7-8,45,48,53H,2-3,6,9-44H2,1,4-5H3,(H-,49,50,54,55)/p+1. The van der Waals surface area contributed by atoms with Gasteiger partial charge in [0.15, 0.2) is 0 Å². The van der Waals surface area contributed by atoms with Crippen LogP contribution in [-0.4, -0.2) is 105 Å². The number of carbonyl (C=O) groups is 2. The van der Waals surface area contributed by atoms with Gasteiger partial charge >= 0.3 is 0 Å². The molecule has 55 heavy (non-hydrogen) atoms. The Bertz CT molecular complexity index is 883. The number of aliphatic hydroxyl groups excluding tert-OH is 1. The second kappa shape index (κ2) is 40.5. The summed E-state index contributed by atoms with van der Waals surface area (Å²) in [5, 5.41) is 21.0. The zero-order chi connectivity index (χ0) is 40.5. The van der Waals surface area contributed by atoms with Gasteiger partial charge in [0.1, 0.15) is 12.6 Å². The highest BCUT2D eigenvalue weighted by Gasteiger charge is 2.22. The number of nitrogens with zero attached hydrogens (tertiary/aromatic N) is 2. The predicted octanol–water partition coefficient (Wildman–Crippen LogP) is 9.86. The lowest BCUT2D eigenvalue weighted by Gasteiger charge is -2.34. The summed E-state index contributed by atoms with van der Waals surface area (Å²) in [6.45, 7) is 17.1. The lowest BCUT2D eigenvalue weighted by atomic mass is 10.1. The van der Waals surface area contributed by atoms with Crippen molar-refractivity contribution < 1.29 is 19.2 Å². The summed E-state index contributed by atoms with van der Waals surface area (Å²) >= 11 is 0. The molecule has 0 rings (SSSR count). The van der Waals surface area contributed by atoms with Crippen molar-refractivity contribution in [1.29, 1.82) is 0 Å². The quantitative estimate of drug-likeness (QED) is 0.0281. The van der Waals surface area contributed by atoms with E-state index < -0.39 is 6.10 Å². The third-order valence-electron chi connectivity index (χ3n) is 10.8. The fourth-order valence-electron chi connectivity index (χ4n) is 7.41.